The van der Waals surface area contributed by atoms with Crippen molar-refractivity contribution in [1.82, 2.24) is 4.57 Å². The standard InChI is InChI=1S/C19H14Cl2N2O2/c20-12-9-15(13(21)8-14(12)22-5-1-2-6-22)23-18(24)16-10-3-4-11(7-10)17(16)19(23)25/h1-6,8-11,16-17H,7H2. The molecule has 1 saturated carbocycles. The predicted molar refractivity (Wildman–Crippen MR) is 96.0 cm³/mol. The van der Waals surface area contributed by atoms with Crippen LogP contribution >= 0.6 is 23.2 Å². The van der Waals surface area contributed by atoms with Crippen molar-refractivity contribution in [1.29, 1.82) is 0 Å². The Labute approximate surface area is 154 Å². The van der Waals surface area contributed by atoms with Crippen molar-refractivity contribution in [3.63, 3.8) is 0 Å². The van der Waals surface area contributed by atoms with Crippen LogP contribution in [0.3, 0.4) is 0 Å². The van der Waals surface area contributed by atoms with Crippen LogP contribution in [0.4, 0.5) is 5.69 Å². The number of imide groups is 1. The Balaban J connectivity index is 1.57. The van der Waals surface area contributed by atoms with Gasteiger partial charge in [0.05, 0.1) is 33.3 Å². The lowest BCUT2D eigenvalue weighted by atomic mass is 9.85. The largest absolute Gasteiger partial charge is 0.322 e. The first-order valence-electron chi connectivity index (χ1n) is 8.25. The average molecular weight is 373 g/mol. The number of carbonyl (C=O) groups excluding carboxylic acids is 2. The molecule has 1 aliphatic heterocycles. The number of aromatic nitrogens is 1. The third-order valence-corrected chi connectivity index (χ3v) is 6.22. The molecule has 2 heterocycles. The van der Waals surface area contributed by atoms with Gasteiger partial charge in [0.2, 0.25) is 11.8 Å². The quantitative estimate of drug-likeness (QED) is 0.588. The molecule has 1 saturated heterocycles. The minimum Gasteiger partial charge on any atom is -0.322 e. The van der Waals surface area contributed by atoms with Crippen LogP contribution in [-0.4, -0.2) is 16.4 Å². The van der Waals surface area contributed by atoms with E-state index in [-0.39, 0.29) is 35.5 Å². The van der Waals surface area contributed by atoms with Gasteiger partial charge in [-0.3, -0.25) is 9.59 Å². The Hall–Kier alpha value is -2.04. The predicted octanol–water partition coefficient (Wildman–Crippen LogP) is 4.10. The molecule has 2 amide bonds. The summed E-state index contributed by atoms with van der Waals surface area (Å²) in [6.07, 6.45) is 8.77. The van der Waals surface area contributed by atoms with E-state index in [1.54, 1.807) is 12.1 Å². The molecule has 25 heavy (non-hydrogen) atoms. The number of fused-ring (bicyclic) bond motifs is 5. The van der Waals surface area contributed by atoms with Gasteiger partial charge in [0.25, 0.3) is 0 Å². The van der Waals surface area contributed by atoms with E-state index in [2.05, 4.69) is 12.2 Å². The second kappa shape index (κ2) is 5.23. The van der Waals surface area contributed by atoms with Crippen LogP contribution in [0, 0.1) is 23.7 Å². The Bertz CT molecular complexity index is 905. The maximum Gasteiger partial charge on any atom is 0.238 e. The summed E-state index contributed by atoms with van der Waals surface area (Å²) in [6, 6.07) is 7.08. The van der Waals surface area contributed by atoms with Gasteiger partial charge >= 0.3 is 0 Å². The fraction of sp³-hybridized carbons (Fsp3) is 0.263. The summed E-state index contributed by atoms with van der Waals surface area (Å²) in [7, 11) is 0. The summed E-state index contributed by atoms with van der Waals surface area (Å²) >= 11 is 12.9. The summed E-state index contributed by atoms with van der Waals surface area (Å²) in [5.74, 6) is -0.463. The fourth-order valence-electron chi connectivity index (χ4n) is 4.53. The molecule has 2 aliphatic carbocycles. The maximum atomic E-state index is 12.9. The molecule has 2 bridgehead atoms. The zero-order chi connectivity index (χ0) is 17.3. The summed E-state index contributed by atoms with van der Waals surface area (Å²) in [5, 5.41) is 0.782. The molecule has 4 nitrogen and oxygen atoms in total. The first-order valence-corrected chi connectivity index (χ1v) is 9.00. The number of benzene rings is 1. The van der Waals surface area contributed by atoms with Crippen LogP contribution in [0.25, 0.3) is 5.69 Å². The second-order valence-electron chi connectivity index (χ2n) is 6.86. The smallest absolute Gasteiger partial charge is 0.238 e. The van der Waals surface area contributed by atoms with Crippen molar-refractivity contribution in [2.45, 2.75) is 6.42 Å². The molecule has 6 heteroatoms. The number of allylic oxidation sites excluding steroid dienone is 2. The monoisotopic (exact) mass is 372 g/mol. The van der Waals surface area contributed by atoms with Crippen molar-refractivity contribution < 1.29 is 9.59 Å². The zero-order valence-electron chi connectivity index (χ0n) is 13.1. The summed E-state index contributed by atoms with van der Waals surface area (Å²) in [6.45, 7) is 0. The van der Waals surface area contributed by atoms with Gasteiger partial charge in [-0.1, -0.05) is 35.4 Å². The van der Waals surface area contributed by atoms with Crippen LogP contribution in [-0.2, 0) is 9.59 Å². The molecular formula is C19H14Cl2N2O2. The summed E-state index contributed by atoms with van der Waals surface area (Å²) in [4.78, 5) is 27.1. The number of hydrogen-bond donors (Lipinski definition) is 0. The number of halogens is 2. The molecule has 1 aromatic heterocycles. The Morgan fingerprint density at radius 2 is 1.36 bits per heavy atom. The first-order chi connectivity index (χ1) is 12.1. The van der Waals surface area contributed by atoms with Crippen LogP contribution < -0.4 is 4.90 Å². The molecule has 5 rings (SSSR count). The number of carbonyl (C=O) groups is 2. The van der Waals surface area contributed by atoms with Gasteiger partial charge in [0.15, 0.2) is 0 Å². The van der Waals surface area contributed by atoms with Crippen LogP contribution in [0.15, 0.2) is 48.8 Å². The van der Waals surface area contributed by atoms with Gasteiger partial charge in [-0.05, 0) is 42.5 Å². The molecule has 3 aliphatic rings. The van der Waals surface area contributed by atoms with Crippen molar-refractivity contribution >= 4 is 40.7 Å². The van der Waals surface area contributed by atoms with Crippen LogP contribution in [0.2, 0.25) is 10.0 Å². The first kappa shape index (κ1) is 15.2. The topological polar surface area (TPSA) is 42.3 Å². The van der Waals surface area contributed by atoms with Crippen molar-refractivity contribution in [2.75, 3.05) is 4.90 Å². The van der Waals surface area contributed by atoms with Gasteiger partial charge in [0, 0.05) is 12.4 Å². The fourth-order valence-corrected chi connectivity index (χ4v) is 5.03. The van der Waals surface area contributed by atoms with Gasteiger partial charge in [-0.2, -0.15) is 0 Å². The van der Waals surface area contributed by atoms with Crippen molar-refractivity contribution in [2.24, 2.45) is 23.7 Å². The second-order valence-corrected chi connectivity index (χ2v) is 7.67. The lowest BCUT2D eigenvalue weighted by Gasteiger charge is -2.20. The molecule has 4 atom stereocenters. The molecule has 0 N–H and O–H groups in total. The van der Waals surface area contributed by atoms with E-state index in [4.69, 9.17) is 23.2 Å². The van der Waals surface area contributed by atoms with E-state index in [9.17, 15) is 9.59 Å². The Kier molecular flexibility index (Phi) is 3.19. The lowest BCUT2D eigenvalue weighted by Crippen LogP contribution is -2.33. The van der Waals surface area contributed by atoms with Crippen LogP contribution in [0.1, 0.15) is 6.42 Å². The minimum absolute atomic E-state index is 0.154. The molecule has 2 fully saturated rings. The molecule has 0 spiro atoms. The number of hydrogen-bond acceptors (Lipinski definition) is 2. The summed E-state index contributed by atoms with van der Waals surface area (Å²) < 4.78 is 1.84. The molecule has 4 unspecified atom stereocenters. The molecular weight excluding hydrogens is 359 g/mol. The van der Waals surface area contributed by atoms with Gasteiger partial charge in [-0.25, -0.2) is 4.90 Å². The highest BCUT2D eigenvalue weighted by atomic mass is 35.5. The molecule has 1 aromatic carbocycles. The third-order valence-electron chi connectivity index (χ3n) is 5.61. The van der Waals surface area contributed by atoms with E-state index >= 15 is 0 Å². The highest BCUT2D eigenvalue weighted by Crippen LogP contribution is 2.54. The molecule has 0 radical (unpaired) electrons. The van der Waals surface area contributed by atoms with E-state index in [0.717, 1.165) is 6.42 Å². The molecule has 2 aromatic rings. The van der Waals surface area contributed by atoms with Crippen LogP contribution in [0.5, 0.6) is 0 Å². The van der Waals surface area contributed by atoms with Gasteiger partial charge < -0.3 is 4.57 Å². The zero-order valence-corrected chi connectivity index (χ0v) is 14.6. The van der Waals surface area contributed by atoms with Gasteiger partial charge in [-0.15, -0.1) is 0 Å². The lowest BCUT2D eigenvalue weighted by molar-refractivity contribution is -0.123. The Morgan fingerprint density at radius 1 is 0.840 bits per heavy atom. The van der Waals surface area contributed by atoms with E-state index < -0.39 is 0 Å². The van der Waals surface area contributed by atoms with Crippen molar-refractivity contribution in [3.8, 4) is 5.69 Å². The minimum atomic E-state index is -0.249. The van der Waals surface area contributed by atoms with E-state index in [0.29, 0.717) is 21.4 Å². The van der Waals surface area contributed by atoms with Crippen molar-refractivity contribution in [3.05, 3.63) is 58.9 Å². The van der Waals surface area contributed by atoms with E-state index in [1.165, 1.54) is 4.90 Å². The normalized spacial score (nSPS) is 29.8. The number of anilines is 1. The SMILES string of the molecule is O=C1C2C3C=CC(C3)C2C(=O)N1c1cc(Cl)c(-n2cccc2)cc1Cl. The number of amides is 2. The summed E-state index contributed by atoms with van der Waals surface area (Å²) in [5.41, 5.74) is 1.09. The number of rotatable bonds is 2. The Morgan fingerprint density at radius 3 is 1.96 bits per heavy atom. The average Bonchev–Trinajstić information content (AvgIpc) is 3.35. The maximum absolute atomic E-state index is 12.9. The highest BCUT2D eigenvalue weighted by molar-refractivity contribution is 6.38. The molecule has 126 valence electrons. The van der Waals surface area contributed by atoms with Gasteiger partial charge in [0.1, 0.15) is 0 Å². The number of nitrogens with zero attached hydrogens (tertiary/aromatic N) is 2. The third kappa shape index (κ3) is 2.01. The van der Waals surface area contributed by atoms with E-state index in [1.807, 2.05) is 29.1 Å². The highest BCUT2D eigenvalue weighted by Gasteiger charge is 2.59.